The molecule has 7 nitrogen and oxygen atoms in total. The standard InChI is InChI=1S/C32H34N4O3S/c1-32(2,3)30(38)36-20-18-35(19-21-36)26-16-14-25(15-17-26)33-27(37)22-40-31-34-28(23-10-6-4-7-11-23)29(39-31)24-12-8-5-9-13-24/h4-17H,18-22H2,1-3H3,(H,33,37). The highest BCUT2D eigenvalue weighted by atomic mass is 32.2. The van der Waals surface area contributed by atoms with Crippen molar-refractivity contribution < 1.29 is 14.0 Å². The fourth-order valence-electron chi connectivity index (χ4n) is 4.66. The summed E-state index contributed by atoms with van der Waals surface area (Å²) in [6.07, 6.45) is 0. The first-order valence-electron chi connectivity index (χ1n) is 13.5. The Bertz CT molecular complexity index is 1380. The third-order valence-corrected chi connectivity index (χ3v) is 7.57. The predicted molar refractivity (Wildman–Crippen MR) is 161 cm³/mol. The minimum absolute atomic E-state index is 0.132. The number of amides is 2. The van der Waals surface area contributed by atoms with Crippen LogP contribution in [0.2, 0.25) is 0 Å². The summed E-state index contributed by atoms with van der Waals surface area (Å²) in [5.74, 6) is 0.927. The average Bonchev–Trinajstić information content (AvgIpc) is 3.41. The summed E-state index contributed by atoms with van der Waals surface area (Å²) in [7, 11) is 0. The van der Waals surface area contributed by atoms with Gasteiger partial charge in [-0.05, 0) is 24.3 Å². The minimum atomic E-state index is -0.359. The number of oxazole rings is 1. The van der Waals surface area contributed by atoms with Crippen molar-refractivity contribution in [1.82, 2.24) is 9.88 Å². The number of anilines is 2. The van der Waals surface area contributed by atoms with E-state index >= 15 is 0 Å². The second-order valence-corrected chi connectivity index (χ2v) is 11.7. The van der Waals surface area contributed by atoms with Gasteiger partial charge in [-0.2, -0.15) is 0 Å². The lowest BCUT2D eigenvalue weighted by Crippen LogP contribution is -2.51. The van der Waals surface area contributed by atoms with Gasteiger partial charge in [-0.15, -0.1) is 0 Å². The number of aromatic nitrogens is 1. The Hall–Kier alpha value is -4.04. The van der Waals surface area contributed by atoms with Gasteiger partial charge in [0.05, 0.1) is 5.75 Å². The summed E-state index contributed by atoms with van der Waals surface area (Å²) >= 11 is 1.27. The highest BCUT2D eigenvalue weighted by molar-refractivity contribution is 7.99. The minimum Gasteiger partial charge on any atom is -0.431 e. The molecule has 3 aromatic carbocycles. The molecule has 40 heavy (non-hydrogen) atoms. The second kappa shape index (κ2) is 12.0. The maximum absolute atomic E-state index is 12.7. The molecule has 0 radical (unpaired) electrons. The Kier molecular flexibility index (Phi) is 8.26. The number of nitrogens with one attached hydrogen (secondary N) is 1. The van der Waals surface area contributed by atoms with Crippen LogP contribution in [0.25, 0.3) is 22.6 Å². The molecule has 8 heteroatoms. The van der Waals surface area contributed by atoms with Crippen LogP contribution in [0.1, 0.15) is 20.8 Å². The number of rotatable bonds is 7. The van der Waals surface area contributed by atoms with E-state index in [9.17, 15) is 9.59 Å². The Morgan fingerprint density at radius 2 is 1.45 bits per heavy atom. The number of thioether (sulfide) groups is 1. The van der Waals surface area contributed by atoms with E-state index < -0.39 is 0 Å². The molecule has 0 aliphatic carbocycles. The van der Waals surface area contributed by atoms with Crippen LogP contribution in [-0.2, 0) is 9.59 Å². The summed E-state index contributed by atoms with van der Waals surface area (Å²) in [6.45, 7) is 8.88. The maximum Gasteiger partial charge on any atom is 0.257 e. The number of hydrogen-bond acceptors (Lipinski definition) is 6. The molecule has 1 N–H and O–H groups in total. The zero-order valence-corrected chi connectivity index (χ0v) is 23.9. The summed E-state index contributed by atoms with van der Waals surface area (Å²) in [4.78, 5) is 34.2. The quantitative estimate of drug-likeness (QED) is 0.265. The summed E-state index contributed by atoms with van der Waals surface area (Å²) < 4.78 is 6.12. The van der Waals surface area contributed by atoms with Crippen LogP contribution in [0, 0.1) is 5.41 Å². The first-order valence-corrected chi connectivity index (χ1v) is 14.5. The lowest BCUT2D eigenvalue weighted by atomic mass is 9.94. The third kappa shape index (κ3) is 6.57. The molecule has 1 fully saturated rings. The molecule has 2 heterocycles. The van der Waals surface area contributed by atoms with Crippen molar-refractivity contribution in [2.24, 2.45) is 5.41 Å². The Morgan fingerprint density at radius 3 is 2.05 bits per heavy atom. The molecular formula is C32H34N4O3S. The van der Waals surface area contributed by atoms with Gasteiger partial charge in [0.2, 0.25) is 11.8 Å². The van der Waals surface area contributed by atoms with E-state index in [1.165, 1.54) is 11.8 Å². The normalized spacial score (nSPS) is 13.8. The van der Waals surface area contributed by atoms with Gasteiger partial charge in [-0.1, -0.05) is 93.2 Å². The van der Waals surface area contributed by atoms with E-state index in [4.69, 9.17) is 9.40 Å². The molecule has 2 amide bonds. The van der Waals surface area contributed by atoms with Crippen molar-refractivity contribution in [2.75, 3.05) is 42.1 Å². The molecule has 0 unspecified atom stereocenters. The molecule has 0 atom stereocenters. The van der Waals surface area contributed by atoms with Gasteiger partial charge >= 0.3 is 0 Å². The van der Waals surface area contributed by atoms with E-state index in [-0.39, 0.29) is 23.0 Å². The molecule has 5 rings (SSSR count). The smallest absolute Gasteiger partial charge is 0.257 e. The molecule has 206 valence electrons. The lowest BCUT2D eigenvalue weighted by Gasteiger charge is -2.38. The Labute approximate surface area is 239 Å². The number of piperazine rings is 1. The van der Waals surface area contributed by atoms with Gasteiger partial charge in [0, 0.05) is 54.1 Å². The topological polar surface area (TPSA) is 78.7 Å². The van der Waals surface area contributed by atoms with Gasteiger partial charge in [-0.25, -0.2) is 4.98 Å². The number of nitrogens with zero attached hydrogens (tertiary/aromatic N) is 3. The Balaban J connectivity index is 1.17. The van der Waals surface area contributed by atoms with Crippen molar-refractivity contribution in [3.63, 3.8) is 0 Å². The van der Waals surface area contributed by atoms with Crippen LogP contribution in [0.4, 0.5) is 11.4 Å². The first kappa shape index (κ1) is 27.5. The Morgan fingerprint density at radius 1 is 0.850 bits per heavy atom. The largest absolute Gasteiger partial charge is 0.431 e. The number of benzene rings is 3. The predicted octanol–water partition coefficient (Wildman–Crippen LogP) is 6.43. The van der Waals surface area contributed by atoms with E-state index in [0.717, 1.165) is 41.3 Å². The van der Waals surface area contributed by atoms with Crippen LogP contribution >= 0.6 is 11.8 Å². The van der Waals surface area contributed by atoms with Gasteiger partial charge in [0.1, 0.15) is 5.69 Å². The SMILES string of the molecule is CC(C)(C)C(=O)N1CCN(c2ccc(NC(=O)CSc3nc(-c4ccccc4)c(-c4ccccc4)o3)cc2)CC1. The molecule has 1 aliphatic rings. The van der Waals surface area contributed by atoms with Crippen molar-refractivity contribution >= 4 is 35.0 Å². The van der Waals surface area contributed by atoms with Crippen LogP contribution in [-0.4, -0.2) is 53.6 Å². The van der Waals surface area contributed by atoms with Crippen molar-refractivity contribution in [3.8, 4) is 22.6 Å². The maximum atomic E-state index is 12.7. The molecule has 0 spiro atoms. The van der Waals surface area contributed by atoms with Gasteiger partial charge in [0.15, 0.2) is 5.76 Å². The van der Waals surface area contributed by atoms with Crippen molar-refractivity contribution in [2.45, 2.75) is 26.0 Å². The fraction of sp³-hybridized carbons (Fsp3) is 0.281. The van der Waals surface area contributed by atoms with Crippen molar-refractivity contribution in [1.29, 1.82) is 0 Å². The highest BCUT2D eigenvalue weighted by Gasteiger charge is 2.29. The molecule has 0 saturated carbocycles. The number of carbonyl (C=O) groups excluding carboxylic acids is 2. The number of carbonyl (C=O) groups is 2. The van der Waals surface area contributed by atoms with Crippen LogP contribution in [0.5, 0.6) is 0 Å². The van der Waals surface area contributed by atoms with E-state index in [1.54, 1.807) is 0 Å². The highest BCUT2D eigenvalue weighted by Crippen LogP contribution is 2.35. The van der Waals surface area contributed by atoms with Gasteiger partial charge in [0.25, 0.3) is 5.22 Å². The zero-order chi connectivity index (χ0) is 28.1. The average molecular weight is 555 g/mol. The van der Waals surface area contributed by atoms with E-state index in [2.05, 4.69) is 10.2 Å². The summed E-state index contributed by atoms with van der Waals surface area (Å²) in [5, 5.41) is 3.42. The monoisotopic (exact) mass is 554 g/mol. The number of hydrogen-bond donors (Lipinski definition) is 1. The molecule has 1 aromatic heterocycles. The molecule has 4 aromatic rings. The lowest BCUT2D eigenvalue weighted by molar-refractivity contribution is -0.139. The van der Waals surface area contributed by atoms with Gasteiger partial charge in [-0.3, -0.25) is 9.59 Å². The molecule has 1 saturated heterocycles. The summed E-state index contributed by atoms with van der Waals surface area (Å²) in [6, 6.07) is 27.6. The molecular weight excluding hydrogens is 520 g/mol. The molecule has 0 bridgehead atoms. The molecule has 1 aliphatic heterocycles. The summed E-state index contributed by atoms with van der Waals surface area (Å²) in [5.41, 5.74) is 4.11. The second-order valence-electron chi connectivity index (χ2n) is 10.8. The van der Waals surface area contributed by atoms with Crippen LogP contribution < -0.4 is 10.2 Å². The van der Waals surface area contributed by atoms with E-state index in [0.29, 0.717) is 24.1 Å². The van der Waals surface area contributed by atoms with Gasteiger partial charge < -0.3 is 19.5 Å². The zero-order valence-electron chi connectivity index (χ0n) is 23.1. The van der Waals surface area contributed by atoms with Crippen LogP contribution in [0.3, 0.4) is 0 Å². The fourth-order valence-corrected chi connectivity index (χ4v) is 5.29. The van der Waals surface area contributed by atoms with Crippen molar-refractivity contribution in [3.05, 3.63) is 84.9 Å². The third-order valence-electron chi connectivity index (χ3n) is 6.74. The van der Waals surface area contributed by atoms with E-state index in [1.807, 2.05) is 111 Å². The van der Waals surface area contributed by atoms with Crippen LogP contribution in [0.15, 0.2) is 94.6 Å². The first-order chi connectivity index (χ1) is 19.3.